The lowest BCUT2D eigenvalue weighted by atomic mass is 9.98. The molecule has 0 spiro atoms. The van der Waals surface area contributed by atoms with Crippen LogP contribution in [0.3, 0.4) is 0 Å². The summed E-state index contributed by atoms with van der Waals surface area (Å²) >= 11 is 0. The van der Waals surface area contributed by atoms with E-state index in [1.165, 1.54) is 0 Å². The zero-order valence-corrected chi connectivity index (χ0v) is 13.2. The number of furan rings is 1. The van der Waals surface area contributed by atoms with E-state index in [4.69, 9.17) is 9.68 Å². The lowest BCUT2D eigenvalue weighted by Gasteiger charge is -2.03. The first-order valence-electron chi connectivity index (χ1n) is 7.59. The first-order chi connectivity index (χ1) is 12.2. The van der Waals surface area contributed by atoms with Gasteiger partial charge in [0.1, 0.15) is 23.8 Å². The first kappa shape index (κ1) is 16.0. The molecule has 5 nitrogen and oxygen atoms in total. The molecule has 2 aromatic carbocycles. The summed E-state index contributed by atoms with van der Waals surface area (Å²) in [5.41, 5.74) is 2.44. The molecule has 0 aliphatic rings. The maximum Gasteiger partial charge on any atom is 0.240 e. The SMILES string of the molecule is N#CCC(=O)Nc1oc(-c2ccccc2)c(-c2ccccc2)c1C#N. The third kappa shape index (κ3) is 3.26. The number of nitrogens with zero attached hydrogens (tertiary/aromatic N) is 2. The van der Waals surface area contributed by atoms with Gasteiger partial charge in [-0.1, -0.05) is 60.7 Å². The minimum Gasteiger partial charge on any atom is -0.438 e. The minimum atomic E-state index is -0.521. The van der Waals surface area contributed by atoms with Crippen LogP contribution in [0.15, 0.2) is 65.1 Å². The van der Waals surface area contributed by atoms with Crippen LogP contribution >= 0.6 is 0 Å². The van der Waals surface area contributed by atoms with Crippen molar-refractivity contribution in [2.45, 2.75) is 6.42 Å². The third-order valence-corrected chi connectivity index (χ3v) is 3.61. The standard InChI is InChI=1S/C20H13N3O2/c21-12-11-17(24)23-20-16(13-22)18(14-7-3-1-4-8-14)19(25-20)15-9-5-2-6-10-15/h1-10H,11H2,(H,23,24). The molecule has 1 amide bonds. The minimum absolute atomic E-state index is 0.0560. The number of hydrogen-bond acceptors (Lipinski definition) is 4. The maximum atomic E-state index is 11.8. The van der Waals surface area contributed by atoms with Crippen LogP contribution in [0, 0.1) is 22.7 Å². The summed E-state index contributed by atoms with van der Waals surface area (Å²) in [6, 6.07) is 22.6. The van der Waals surface area contributed by atoms with Crippen LogP contribution < -0.4 is 5.32 Å². The Hall–Kier alpha value is -3.83. The van der Waals surface area contributed by atoms with Crippen LogP contribution in [0.5, 0.6) is 0 Å². The number of amides is 1. The van der Waals surface area contributed by atoms with Crippen LogP contribution in [0.25, 0.3) is 22.5 Å². The van der Waals surface area contributed by atoms with Gasteiger partial charge >= 0.3 is 0 Å². The molecule has 0 saturated heterocycles. The number of nitrogens with one attached hydrogen (secondary N) is 1. The molecule has 0 aliphatic carbocycles. The van der Waals surface area contributed by atoms with Crippen molar-refractivity contribution in [1.82, 2.24) is 0 Å². The van der Waals surface area contributed by atoms with E-state index in [0.29, 0.717) is 11.3 Å². The number of carbonyl (C=O) groups excluding carboxylic acids is 1. The van der Waals surface area contributed by atoms with Gasteiger partial charge in [-0.3, -0.25) is 10.1 Å². The van der Waals surface area contributed by atoms with E-state index in [0.717, 1.165) is 11.1 Å². The molecule has 25 heavy (non-hydrogen) atoms. The van der Waals surface area contributed by atoms with Crippen LogP contribution in [0.4, 0.5) is 5.88 Å². The lowest BCUT2D eigenvalue weighted by Crippen LogP contribution is -2.10. The molecule has 1 aromatic heterocycles. The van der Waals surface area contributed by atoms with Crippen LogP contribution in [-0.4, -0.2) is 5.91 Å². The van der Waals surface area contributed by atoms with Gasteiger partial charge in [0, 0.05) is 11.1 Å². The summed E-state index contributed by atoms with van der Waals surface area (Å²) < 4.78 is 5.83. The van der Waals surface area contributed by atoms with Gasteiger partial charge in [-0.05, 0) is 5.56 Å². The summed E-state index contributed by atoms with van der Waals surface area (Å²) in [4.78, 5) is 11.8. The summed E-state index contributed by atoms with van der Waals surface area (Å²) in [5, 5.41) is 20.8. The molecule has 1 N–H and O–H groups in total. The van der Waals surface area contributed by atoms with Gasteiger partial charge in [0.2, 0.25) is 11.8 Å². The molecular formula is C20H13N3O2. The Morgan fingerprint density at radius 2 is 1.56 bits per heavy atom. The normalized spacial score (nSPS) is 9.84. The fraction of sp³-hybridized carbons (Fsp3) is 0.0500. The molecule has 0 aliphatic heterocycles. The van der Waals surface area contributed by atoms with E-state index in [1.807, 2.05) is 60.7 Å². The smallest absolute Gasteiger partial charge is 0.240 e. The second kappa shape index (κ2) is 7.16. The van der Waals surface area contributed by atoms with E-state index in [2.05, 4.69) is 11.4 Å². The van der Waals surface area contributed by atoms with Gasteiger partial charge in [-0.25, -0.2) is 0 Å². The highest BCUT2D eigenvalue weighted by atomic mass is 16.4. The van der Waals surface area contributed by atoms with Crippen molar-refractivity contribution in [3.05, 3.63) is 66.2 Å². The van der Waals surface area contributed by atoms with Crippen LogP contribution in [0.2, 0.25) is 0 Å². The molecule has 3 rings (SSSR count). The number of hydrogen-bond donors (Lipinski definition) is 1. The van der Waals surface area contributed by atoms with Crippen molar-refractivity contribution in [1.29, 1.82) is 10.5 Å². The van der Waals surface area contributed by atoms with Crippen molar-refractivity contribution in [3.8, 4) is 34.6 Å². The Morgan fingerprint density at radius 1 is 0.960 bits per heavy atom. The van der Waals surface area contributed by atoms with Crippen LogP contribution in [0.1, 0.15) is 12.0 Å². The molecule has 0 radical (unpaired) electrons. The number of rotatable bonds is 4. The summed E-state index contributed by atoms with van der Waals surface area (Å²) in [6.07, 6.45) is -0.313. The van der Waals surface area contributed by atoms with Crippen molar-refractivity contribution in [2.24, 2.45) is 0 Å². The van der Waals surface area contributed by atoms with E-state index >= 15 is 0 Å². The van der Waals surface area contributed by atoms with Gasteiger partial charge in [-0.15, -0.1) is 0 Å². The number of carbonyl (C=O) groups is 1. The number of anilines is 1. The van der Waals surface area contributed by atoms with E-state index in [9.17, 15) is 10.1 Å². The zero-order valence-electron chi connectivity index (χ0n) is 13.2. The van der Waals surface area contributed by atoms with Crippen molar-refractivity contribution >= 4 is 11.8 Å². The molecule has 0 bridgehead atoms. The molecular weight excluding hydrogens is 314 g/mol. The molecule has 0 atom stereocenters. The second-order valence-electron chi connectivity index (χ2n) is 5.24. The lowest BCUT2D eigenvalue weighted by molar-refractivity contribution is -0.115. The topological polar surface area (TPSA) is 89.8 Å². The molecule has 0 fully saturated rings. The first-order valence-corrected chi connectivity index (χ1v) is 7.59. The highest BCUT2D eigenvalue weighted by Crippen LogP contribution is 2.41. The predicted molar refractivity (Wildman–Crippen MR) is 93.2 cm³/mol. The largest absolute Gasteiger partial charge is 0.438 e. The van der Waals surface area contributed by atoms with Gasteiger partial charge in [0.15, 0.2) is 0 Å². The predicted octanol–water partition coefficient (Wildman–Crippen LogP) is 4.34. The van der Waals surface area contributed by atoms with Crippen LogP contribution in [-0.2, 0) is 4.79 Å². The Bertz CT molecular complexity index is 978. The molecule has 1 heterocycles. The van der Waals surface area contributed by atoms with E-state index in [1.54, 1.807) is 6.07 Å². The monoisotopic (exact) mass is 327 g/mol. The summed E-state index contributed by atoms with van der Waals surface area (Å²) in [5.74, 6) is 0.0306. The van der Waals surface area contributed by atoms with E-state index in [-0.39, 0.29) is 17.9 Å². The third-order valence-electron chi connectivity index (χ3n) is 3.61. The highest BCUT2D eigenvalue weighted by molar-refractivity contribution is 5.96. The average molecular weight is 327 g/mol. The van der Waals surface area contributed by atoms with Crippen molar-refractivity contribution in [2.75, 3.05) is 5.32 Å². The van der Waals surface area contributed by atoms with Gasteiger partial charge < -0.3 is 4.42 Å². The second-order valence-corrected chi connectivity index (χ2v) is 5.24. The maximum absolute atomic E-state index is 11.8. The Kier molecular flexibility index (Phi) is 4.60. The van der Waals surface area contributed by atoms with E-state index < -0.39 is 5.91 Å². The zero-order chi connectivity index (χ0) is 17.6. The summed E-state index contributed by atoms with van der Waals surface area (Å²) in [7, 11) is 0. The average Bonchev–Trinajstić information content (AvgIpc) is 3.01. The Balaban J connectivity index is 2.20. The summed E-state index contributed by atoms with van der Waals surface area (Å²) in [6.45, 7) is 0. The molecule has 0 unspecified atom stereocenters. The molecule has 120 valence electrons. The van der Waals surface area contributed by atoms with Gasteiger partial charge in [0.05, 0.1) is 6.07 Å². The quantitative estimate of drug-likeness (QED) is 0.772. The van der Waals surface area contributed by atoms with Gasteiger partial charge in [0.25, 0.3) is 0 Å². The van der Waals surface area contributed by atoms with Crippen molar-refractivity contribution in [3.63, 3.8) is 0 Å². The fourth-order valence-electron chi connectivity index (χ4n) is 2.54. The number of nitriles is 2. The Labute approximate surface area is 144 Å². The Morgan fingerprint density at radius 3 is 2.12 bits per heavy atom. The van der Waals surface area contributed by atoms with Gasteiger partial charge in [-0.2, -0.15) is 10.5 Å². The molecule has 5 heteroatoms. The molecule has 3 aromatic rings. The van der Waals surface area contributed by atoms with Crippen molar-refractivity contribution < 1.29 is 9.21 Å². The fourth-order valence-corrected chi connectivity index (χ4v) is 2.54. The number of benzene rings is 2. The highest BCUT2D eigenvalue weighted by Gasteiger charge is 2.23. The molecule has 0 saturated carbocycles.